The number of nitrogens with one attached hydrogen (secondary N) is 1. The van der Waals surface area contributed by atoms with E-state index in [1.54, 1.807) is 22.9 Å². The van der Waals surface area contributed by atoms with Crippen molar-refractivity contribution in [2.45, 2.75) is 12.5 Å². The Morgan fingerprint density at radius 2 is 2.18 bits per heavy atom. The fourth-order valence-corrected chi connectivity index (χ4v) is 2.54. The molecular weight excluding hydrogens is 277 g/mol. The van der Waals surface area contributed by atoms with Crippen LogP contribution in [-0.4, -0.2) is 4.98 Å². The number of thiazole rings is 1. The number of aromatic nitrogens is 1. The number of hydrogen-bond acceptors (Lipinski definition) is 4. The monoisotopic (exact) mass is 287 g/mol. The molecule has 0 amide bonds. The van der Waals surface area contributed by atoms with Gasteiger partial charge in [0.25, 0.3) is 0 Å². The molecule has 90 valence electrons. The number of benzene rings is 1. The second-order valence-electron chi connectivity index (χ2n) is 3.58. The van der Waals surface area contributed by atoms with Gasteiger partial charge in [0.15, 0.2) is 0 Å². The normalized spacial score (nSPS) is 12.6. The van der Waals surface area contributed by atoms with Crippen molar-refractivity contribution in [3.05, 3.63) is 50.4 Å². The lowest BCUT2D eigenvalue weighted by Crippen LogP contribution is -2.28. The van der Waals surface area contributed by atoms with Crippen LogP contribution in [0.25, 0.3) is 0 Å². The molecule has 2 aromatic rings. The number of hydrogen-bond donors (Lipinski definition) is 2. The predicted octanol–water partition coefficient (Wildman–Crippen LogP) is 3.20. The molecule has 0 aliphatic heterocycles. The van der Waals surface area contributed by atoms with Crippen LogP contribution in [0, 0.1) is 0 Å². The van der Waals surface area contributed by atoms with Gasteiger partial charge in [0.2, 0.25) is 0 Å². The van der Waals surface area contributed by atoms with Crippen LogP contribution in [0.3, 0.4) is 0 Å². The Labute approximate surface area is 114 Å². The van der Waals surface area contributed by atoms with Crippen LogP contribution >= 0.6 is 34.5 Å². The Morgan fingerprint density at radius 3 is 2.76 bits per heavy atom. The molecular formula is C11H11Cl2N3S. The first-order valence-corrected chi connectivity index (χ1v) is 6.62. The third kappa shape index (κ3) is 3.18. The summed E-state index contributed by atoms with van der Waals surface area (Å²) in [5.74, 6) is 5.55. The highest BCUT2D eigenvalue weighted by Crippen LogP contribution is 2.26. The topological polar surface area (TPSA) is 50.9 Å². The lowest BCUT2D eigenvalue weighted by molar-refractivity contribution is 0.560. The number of hydrazine groups is 1. The standard InChI is InChI=1S/C11H11Cl2N3S/c12-8-2-1-7(3-9(8)13)4-10(16-14)11-5-15-6-17-11/h1-3,5-6,10,16H,4,14H2. The molecule has 1 atom stereocenters. The van der Waals surface area contributed by atoms with Gasteiger partial charge in [-0.2, -0.15) is 0 Å². The van der Waals surface area contributed by atoms with Gasteiger partial charge in [0.1, 0.15) is 0 Å². The van der Waals surface area contributed by atoms with Gasteiger partial charge >= 0.3 is 0 Å². The van der Waals surface area contributed by atoms with Crippen molar-refractivity contribution in [3.63, 3.8) is 0 Å². The van der Waals surface area contributed by atoms with E-state index in [0.717, 1.165) is 16.9 Å². The summed E-state index contributed by atoms with van der Waals surface area (Å²) >= 11 is 13.4. The van der Waals surface area contributed by atoms with Crippen LogP contribution in [-0.2, 0) is 6.42 Å². The van der Waals surface area contributed by atoms with E-state index < -0.39 is 0 Å². The van der Waals surface area contributed by atoms with Gasteiger partial charge in [-0.05, 0) is 24.1 Å². The largest absolute Gasteiger partial charge is 0.271 e. The van der Waals surface area contributed by atoms with Gasteiger partial charge in [-0.15, -0.1) is 11.3 Å². The van der Waals surface area contributed by atoms with Gasteiger partial charge in [-0.3, -0.25) is 16.3 Å². The molecule has 1 aromatic carbocycles. The molecule has 0 fully saturated rings. The van der Waals surface area contributed by atoms with E-state index in [4.69, 9.17) is 29.0 Å². The Hall–Kier alpha value is -0.650. The summed E-state index contributed by atoms with van der Waals surface area (Å²) in [6.45, 7) is 0. The minimum Gasteiger partial charge on any atom is -0.271 e. The second kappa shape index (κ2) is 5.80. The van der Waals surface area contributed by atoms with Crippen molar-refractivity contribution in [2.75, 3.05) is 0 Å². The molecule has 0 aliphatic carbocycles. The molecule has 0 aliphatic rings. The van der Waals surface area contributed by atoms with E-state index in [1.807, 2.05) is 18.3 Å². The quantitative estimate of drug-likeness (QED) is 0.671. The summed E-state index contributed by atoms with van der Waals surface area (Å²) < 4.78 is 0. The average Bonchev–Trinajstić information content (AvgIpc) is 2.84. The van der Waals surface area contributed by atoms with E-state index in [-0.39, 0.29) is 6.04 Å². The fourth-order valence-electron chi connectivity index (χ4n) is 1.54. The van der Waals surface area contributed by atoms with Crippen LogP contribution in [0.5, 0.6) is 0 Å². The number of nitrogens with two attached hydrogens (primary N) is 1. The zero-order valence-electron chi connectivity index (χ0n) is 8.86. The third-order valence-corrected chi connectivity index (χ3v) is 4.05. The van der Waals surface area contributed by atoms with Crippen LogP contribution < -0.4 is 11.3 Å². The van der Waals surface area contributed by atoms with Crippen LogP contribution in [0.2, 0.25) is 10.0 Å². The summed E-state index contributed by atoms with van der Waals surface area (Å²) in [7, 11) is 0. The summed E-state index contributed by atoms with van der Waals surface area (Å²) in [6.07, 6.45) is 2.56. The lowest BCUT2D eigenvalue weighted by atomic mass is 10.1. The molecule has 3 nitrogen and oxygen atoms in total. The molecule has 0 saturated heterocycles. The highest BCUT2D eigenvalue weighted by atomic mass is 35.5. The van der Waals surface area contributed by atoms with E-state index in [2.05, 4.69) is 10.4 Å². The minimum atomic E-state index is 0.0414. The Kier molecular flexibility index (Phi) is 4.36. The molecule has 2 rings (SSSR count). The van der Waals surface area contributed by atoms with Crippen molar-refractivity contribution >= 4 is 34.5 Å². The lowest BCUT2D eigenvalue weighted by Gasteiger charge is -2.14. The third-order valence-electron chi connectivity index (χ3n) is 2.42. The molecule has 3 N–H and O–H groups in total. The van der Waals surface area contributed by atoms with Crippen LogP contribution in [0.4, 0.5) is 0 Å². The molecule has 1 unspecified atom stereocenters. The van der Waals surface area contributed by atoms with Crippen LogP contribution in [0.1, 0.15) is 16.5 Å². The molecule has 0 spiro atoms. The maximum Gasteiger partial charge on any atom is 0.0794 e. The van der Waals surface area contributed by atoms with Crippen molar-refractivity contribution < 1.29 is 0 Å². The molecule has 0 saturated carbocycles. The van der Waals surface area contributed by atoms with E-state index in [9.17, 15) is 0 Å². The Morgan fingerprint density at radius 1 is 1.35 bits per heavy atom. The Bertz CT molecular complexity index is 487. The maximum atomic E-state index is 5.97. The first-order valence-electron chi connectivity index (χ1n) is 4.99. The summed E-state index contributed by atoms with van der Waals surface area (Å²) in [4.78, 5) is 5.14. The van der Waals surface area contributed by atoms with Crippen molar-refractivity contribution in [1.29, 1.82) is 0 Å². The van der Waals surface area contributed by atoms with Crippen molar-refractivity contribution in [1.82, 2.24) is 10.4 Å². The van der Waals surface area contributed by atoms with E-state index in [1.165, 1.54) is 0 Å². The number of halogens is 2. The first-order chi connectivity index (χ1) is 8.20. The summed E-state index contributed by atoms with van der Waals surface area (Å²) in [5, 5.41) is 1.12. The highest BCUT2D eigenvalue weighted by Gasteiger charge is 2.12. The Balaban J connectivity index is 2.16. The summed E-state index contributed by atoms with van der Waals surface area (Å²) in [6, 6.07) is 5.63. The molecule has 1 heterocycles. The molecule has 1 aromatic heterocycles. The first kappa shape index (κ1) is 12.8. The van der Waals surface area contributed by atoms with E-state index in [0.29, 0.717) is 10.0 Å². The fraction of sp³-hybridized carbons (Fsp3) is 0.182. The van der Waals surface area contributed by atoms with Gasteiger partial charge < -0.3 is 0 Å². The smallest absolute Gasteiger partial charge is 0.0794 e. The minimum absolute atomic E-state index is 0.0414. The molecule has 6 heteroatoms. The van der Waals surface area contributed by atoms with Crippen molar-refractivity contribution in [2.24, 2.45) is 5.84 Å². The molecule has 0 radical (unpaired) electrons. The van der Waals surface area contributed by atoms with Gasteiger partial charge in [0, 0.05) is 11.1 Å². The van der Waals surface area contributed by atoms with Crippen LogP contribution in [0.15, 0.2) is 29.9 Å². The van der Waals surface area contributed by atoms with Gasteiger partial charge in [-0.1, -0.05) is 29.3 Å². The maximum absolute atomic E-state index is 5.97. The number of nitrogens with zero attached hydrogens (tertiary/aromatic N) is 1. The second-order valence-corrected chi connectivity index (χ2v) is 5.31. The molecule has 17 heavy (non-hydrogen) atoms. The number of rotatable bonds is 4. The predicted molar refractivity (Wildman–Crippen MR) is 72.3 cm³/mol. The van der Waals surface area contributed by atoms with Gasteiger partial charge in [0.05, 0.1) is 21.6 Å². The molecule has 0 bridgehead atoms. The zero-order chi connectivity index (χ0) is 12.3. The van der Waals surface area contributed by atoms with Crippen molar-refractivity contribution in [3.8, 4) is 0 Å². The average molecular weight is 288 g/mol. The van der Waals surface area contributed by atoms with E-state index >= 15 is 0 Å². The zero-order valence-corrected chi connectivity index (χ0v) is 11.2. The SMILES string of the molecule is NNC(Cc1ccc(Cl)c(Cl)c1)c1cncs1. The summed E-state index contributed by atoms with van der Waals surface area (Å²) in [5.41, 5.74) is 5.65. The highest BCUT2D eigenvalue weighted by molar-refractivity contribution is 7.09. The van der Waals surface area contributed by atoms with Gasteiger partial charge in [-0.25, -0.2) is 0 Å².